The third kappa shape index (κ3) is 2.51. The van der Waals surface area contributed by atoms with E-state index in [2.05, 4.69) is 11.6 Å². The lowest BCUT2D eigenvalue weighted by molar-refractivity contribution is 0.405. The second-order valence-electron chi connectivity index (χ2n) is 0.795. The van der Waals surface area contributed by atoms with Gasteiger partial charge in [-0.3, -0.25) is 0 Å². The highest BCUT2D eigenvalue weighted by Crippen LogP contribution is 2.11. The molecular weight excluding hydrogens is 128 g/mol. The molecule has 0 N–H and O–H groups in total. The average molecular weight is 130 g/mol. The molecule has 0 fully saturated rings. The van der Waals surface area contributed by atoms with E-state index in [4.69, 9.17) is 0 Å². The minimum Gasteiger partial charge on any atom is -0.222 e. The standard InChI is InChI=1S/C3H2ClF3/c4-3(7)2(6)1-5/h1,3H/b2-1-. The van der Waals surface area contributed by atoms with Crippen molar-refractivity contribution in [3.8, 4) is 0 Å². The van der Waals surface area contributed by atoms with Gasteiger partial charge in [0.2, 0.25) is 5.63 Å². The highest BCUT2D eigenvalue weighted by atomic mass is 35.5. The van der Waals surface area contributed by atoms with E-state index in [1.165, 1.54) is 0 Å². The molecule has 1 unspecified atom stereocenters. The van der Waals surface area contributed by atoms with Crippen molar-refractivity contribution in [2.45, 2.75) is 5.63 Å². The smallest absolute Gasteiger partial charge is 0.222 e. The van der Waals surface area contributed by atoms with E-state index in [1.54, 1.807) is 0 Å². The average Bonchev–Trinajstić information content (AvgIpc) is 1.65. The summed E-state index contributed by atoms with van der Waals surface area (Å²) in [7, 11) is 0. The first-order valence-electron chi connectivity index (χ1n) is 1.42. The Kier molecular flexibility index (Phi) is 2.83. The van der Waals surface area contributed by atoms with Crippen molar-refractivity contribution in [1.29, 1.82) is 0 Å². The summed E-state index contributed by atoms with van der Waals surface area (Å²) in [5.74, 6) is -1.60. The monoisotopic (exact) mass is 130 g/mol. The normalized spacial score (nSPS) is 16.9. The minimum absolute atomic E-state index is 0.516. The first-order chi connectivity index (χ1) is 3.18. The number of rotatable bonds is 1. The van der Waals surface area contributed by atoms with E-state index >= 15 is 0 Å². The van der Waals surface area contributed by atoms with Crippen LogP contribution in [-0.2, 0) is 0 Å². The maximum Gasteiger partial charge on any atom is 0.226 e. The van der Waals surface area contributed by atoms with Crippen molar-refractivity contribution >= 4 is 11.6 Å². The summed E-state index contributed by atoms with van der Waals surface area (Å²) in [6, 6.07) is 0. The van der Waals surface area contributed by atoms with Crippen molar-refractivity contribution in [3.63, 3.8) is 0 Å². The van der Waals surface area contributed by atoms with Crippen LogP contribution in [0.4, 0.5) is 13.2 Å². The van der Waals surface area contributed by atoms with Crippen LogP contribution >= 0.6 is 11.6 Å². The molecule has 0 rings (SSSR count). The Hall–Kier alpha value is -0.180. The predicted octanol–water partition coefficient (Wildman–Crippen LogP) is 2.30. The minimum atomic E-state index is -2.34. The van der Waals surface area contributed by atoms with Crippen LogP contribution in [0.5, 0.6) is 0 Å². The fourth-order valence-electron chi connectivity index (χ4n) is 0.0476. The molecule has 0 aromatic rings. The topological polar surface area (TPSA) is 0 Å². The molecule has 42 valence electrons. The van der Waals surface area contributed by atoms with Crippen molar-refractivity contribution < 1.29 is 13.2 Å². The zero-order valence-corrected chi connectivity index (χ0v) is 3.92. The number of hydrogen-bond acceptors (Lipinski definition) is 0. The summed E-state index contributed by atoms with van der Waals surface area (Å²) in [5.41, 5.74) is -2.34. The lowest BCUT2D eigenvalue weighted by Crippen LogP contribution is -1.85. The SMILES string of the molecule is F/C=C(\F)C(F)Cl. The summed E-state index contributed by atoms with van der Waals surface area (Å²) < 4.78 is 33.2. The number of halogens is 4. The van der Waals surface area contributed by atoms with Gasteiger partial charge in [-0.15, -0.1) is 0 Å². The van der Waals surface area contributed by atoms with Gasteiger partial charge in [0.25, 0.3) is 0 Å². The second kappa shape index (κ2) is 2.91. The largest absolute Gasteiger partial charge is 0.226 e. The Morgan fingerprint density at radius 3 is 2.14 bits per heavy atom. The highest BCUT2D eigenvalue weighted by molar-refractivity contribution is 6.21. The molecule has 0 heterocycles. The van der Waals surface area contributed by atoms with Crippen LogP contribution < -0.4 is 0 Å². The fraction of sp³-hybridized carbons (Fsp3) is 0.333. The van der Waals surface area contributed by atoms with Crippen LogP contribution in [0.2, 0.25) is 0 Å². The Bertz CT molecular complexity index is 78.2. The molecule has 7 heavy (non-hydrogen) atoms. The van der Waals surface area contributed by atoms with Crippen LogP contribution in [0.1, 0.15) is 0 Å². The maximum absolute atomic E-state index is 11.2. The fourth-order valence-corrected chi connectivity index (χ4v) is 0.0952. The summed E-state index contributed by atoms with van der Waals surface area (Å²) in [6.07, 6.45) is -0.516. The van der Waals surface area contributed by atoms with E-state index in [0.717, 1.165) is 0 Å². The van der Waals surface area contributed by atoms with E-state index in [1.807, 2.05) is 0 Å². The Balaban J connectivity index is 3.56. The summed E-state index contributed by atoms with van der Waals surface area (Å²) in [5, 5.41) is 0. The molecule has 0 spiro atoms. The molecule has 0 bridgehead atoms. The molecule has 0 saturated heterocycles. The molecule has 0 radical (unpaired) electrons. The predicted molar refractivity (Wildman–Crippen MR) is 21.0 cm³/mol. The molecule has 0 aliphatic rings. The van der Waals surface area contributed by atoms with Gasteiger partial charge in [-0.1, -0.05) is 11.6 Å². The molecule has 0 aliphatic heterocycles. The lowest BCUT2D eigenvalue weighted by Gasteiger charge is -1.87. The van der Waals surface area contributed by atoms with Gasteiger partial charge < -0.3 is 0 Å². The Morgan fingerprint density at radius 2 is 2.14 bits per heavy atom. The third-order valence-corrected chi connectivity index (χ3v) is 0.521. The molecule has 0 aromatic carbocycles. The molecule has 1 atom stereocenters. The van der Waals surface area contributed by atoms with Gasteiger partial charge in [0, 0.05) is 0 Å². The highest BCUT2D eigenvalue weighted by Gasteiger charge is 2.05. The first-order valence-corrected chi connectivity index (χ1v) is 1.86. The van der Waals surface area contributed by atoms with Crippen LogP contribution in [0, 0.1) is 0 Å². The van der Waals surface area contributed by atoms with Crippen LogP contribution in [-0.4, -0.2) is 5.63 Å². The lowest BCUT2D eigenvalue weighted by atomic mass is 10.7. The molecule has 0 aromatic heterocycles. The van der Waals surface area contributed by atoms with E-state index < -0.39 is 17.8 Å². The Morgan fingerprint density at radius 1 is 1.71 bits per heavy atom. The molecular formula is C3H2ClF3. The van der Waals surface area contributed by atoms with Gasteiger partial charge in [0.15, 0.2) is 5.83 Å². The van der Waals surface area contributed by atoms with Gasteiger partial charge in [0.1, 0.15) is 6.33 Å². The molecule has 0 amide bonds. The summed E-state index contributed by atoms with van der Waals surface area (Å²) >= 11 is 4.38. The van der Waals surface area contributed by atoms with Crippen molar-refractivity contribution in [3.05, 3.63) is 12.2 Å². The van der Waals surface area contributed by atoms with Crippen molar-refractivity contribution in [2.24, 2.45) is 0 Å². The quantitative estimate of drug-likeness (QED) is 0.478. The van der Waals surface area contributed by atoms with Gasteiger partial charge in [-0.2, -0.15) is 0 Å². The van der Waals surface area contributed by atoms with E-state index in [9.17, 15) is 13.2 Å². The molecule has 0 aliphatic carbocycles. The molecule has 0 nitrogen and oxygen atoms in total. The molecule has 0 saturated carbocycles. The molecule has 4 heteroatoms. The van der Waals surface area contributed by atoms with Gasteiger partial charge in [0.05, 0.1) is 0 Å². The Labute approximate surface area is 43.6 Å². The van der Waals surface area contributed by atoms with E-state index in [0.29, 0.717) is 0 Å². The van der Waals surface area contributed by atoms with Gasteiger partial charge in [-0.05, 0) is 0 Å². The number of hydrogen-bond donors (Lipinski definition) is 0. The number of alkyl halides is 2. The van der Waals surface area contributed by atoms with E-state index in [-0.39, 0.29) is 0 Å². The van der Waals surface area contributed by atoms with Crippen LogP contribution in [0.25, 0.3) is 0 Å². The number of allylic oxidation sites excluding steroid dienone is 1. The first kappa shape index (κ1) is 6.82. The summed E-state index contributed by atoms with van der Waals surface area (Å²) in [4.78, 5) is 0. The van der Waals surface area contributed by atoms with Gasteiger partial charge >= 0.3 is 0 Å². The zero-order valence-electron chi connectivity index (χ0n) is 3.17. The zero-order chi connectivity index (χ0) is 5.86. The van der Waals surface area contributed by atoms with Gasteiger partial charge in [-0.25, -0.2) is 13.2 Å². The third-order valence-electron chi connectivity index (χ3n) is 0.313. The van der Waals surface area contributed by atoms with Crippen molar-refractivity contribution in [1.82, 2.24) is 0 Å². The second-order valence-corrected chi connectivity index (χ2v) is 1.18. The maximum atomic E-state index is 11.2. The van der Waals surface area contributed by atoms with Crippen LogP contribution in [0.15, 0.2) is 12.2 Å². The summed E-state index contributed by atoms with van der Waals surface area (Å²) in [6.45, 7) is 0. The van der Waals surface area contributed by atoms with Crippen molar-refractivity contribution in [2.75, 3.05) is 0 Å². The van der Waals surface area contributed by atoms with Crippen LogP contribution in [0.3, 0.4) is 0 Å².